The van der Waals surface area contributed by atoms with Crippen molar-refractivity contribution in [2.24, 2.45) is 10.9 Å². The lowest BCUT2D eigenvalue weighted by atomic mass is 10.1. The van der Waals surface area contributed by atoms with Gasteiger partial charge in [0.25, 0.3) is 0 Å². The average Bonchev–Trinajstić information content (AvgIpc) is 3.24. The zero-order valence-corrected chi connectivity index (χ0v) is 13.6. The van der Waals surface area contributed by atoms with Gasteiger partial charge in [-0.3, -0.25) is 9.89 Å². The predicted octanol–water partition coefficient (Wildman–Crippen LogP) is 2.40. The molecule has 1 aliphatic heterocycles. The first-order valence-electron chi connectivity index (χ1n) is 8.60. The highest BCUT2D eigenvalue weighted by Crippen LogP contribution is 2.27. The first-order chi connectivity index (χ1) is 10.9. The molecule has 1 aliphatic carbocycles. The molecule has 1 heterocycles. The molecule has 0 spiro atoms. The fourth-order valence-corrected chi connectivity index (χ4v) is 3.16. The zero-order chi connectivity index (χ0) is 15.2. The van der Waals surface area contributed by atoms with E-state index in [0.717, 1.165) is 25.0 Å². The first kappa shape index (κ1) is 15.3. The Bertz CT molecular complexity index is 475. The van der Waals surface area contributed by atoms with Gasteiger partial charge in [0.15, 0.2) is 5.96 Å². The third-order valence-electron chi connectivity index (χ3n) is 4.71. The van der Waals surface area contributed by atoms with Gasteiger partial charge in [0.1, 0.15) is 0 Å². The average molecular weight is 300 g/mol. The molecule has 2 fully saturated rings. The Morgan fingerprint density at radius 3 is 2.55 bits per heavy atom. The zero-order valence-electron chi connectivity index (χ0n) is 13.6. The van der Waals surface area contributed by atoms with Crippen LogP contribution in [0.1, 0.15) is 37.3 Å². The second-order valence-corrected chi connectivity index (χ2v) is 6.45. The molecule has 2 aliphatic rings. The van der Waals surface area contributed by atoms with Crippen molar-refractivity contribution in [3.8, 4) is 0 Å². The van der Waals surface area contributed by atoms with Gasteiger partial charge >= 0.3 is 0 Å². The summed E-state index contributed by atoms with van der Waals surface area (Å²) in [5, 5.41) is 6.97. The first-order valence-corrected chi connectivity index (χ1v) is 8.60. The summed E-state index contributed by atoms with van der Waals surface area (Å²) in [7, 11) is 1.86. The predicted molar refractivity (Wildman–Crippen MR) is 92.1 cm³/mol. The van der Waals surface area contributed by atoms with Gasteiger partial charge in [-0.15, -0.1) is 0 Å². The monoisotopic (exact) mass is 300 g/mol. The highest BCUT2D eigenvalue weighted by Gasteiger charge is 2.24. The number of likely N-dealkylation sites (tertiary alicyclic amines) is 1. The van der Waals surface area contributed by atoms with Crippen LogP contribution in [0.25, 0.3) is 0 Å². The minimum absolute atomic E-state index is 0.433. The van der Waals surface area contributed by atoms with E-state index in [1.807, 2.05) is 7.05 Å². The molecule has 1 atom stereocenters. The van der Waals surface area contributed by atoms with Crippen LogP contribution in [0.5, 0.6) is 0 Å². The highest BCUT2D eigenvalue weighted by atomic mass is 15.2. The molecule has 4 nitrogen and oxygen atoms in total. The maximum absolute atomic E-state index is 4.36. The Kier molecular flexibility index (Phi) is 5.33. The molecular formula is C18H28N4. The van der Waals surface area contributed by atoms with Crippen LogP contribution in [0.2, 0.25) is 0 Å². The molecule has 0 aromatic heterocycles. The Hall–Kier alpha value is -1.55. The van der Waals surface area contributed by atoms with Crippen LogP contribution in [0.4, 0.5) is 0 Å². The quantitative estimate of drug-likeness (QED) is 0.626. The van der Waals surface area contributed by atoms with Crippen molar-refractivity contribution < 1.29 is 0 Å². The van der Waals surface area contributed by atoms with E-state index >= 15 is 0 Å². The number of aliphatic imine (C=N–C) groups is 1. The molecule has 1 saturated heterocycles. The van der Waals surface area contributed by atoms with E-state index in [9.17, 15) is 0 Å². The lowest BCUT2D eigenvalue weighted by molar-refractivity contribution is 0.245. The molecule has 1 unspecified atom stereocenters. The van der Waals surface area contributed by atoms with Gasteiger partial charge in [0.05, 0.1) is 6.04 Å². The van der Waals surface area contributed by atoms with Crippen molar-refractivity contribution in [3.63, 3.8) is 0 Å². The van der Waals surface area contributed by atoms with Crippen LogP contribution in [-0.2, 0) is 0 Å². The summed E-state index contributed by atoms with van der Waals surface area (Å²) in [6.45, 7) is 4.37. The van der Waals surface area contributed by atoms with E-state index in [-0.39, 0.29) is 0 Å². The largest absolute Gasteiger partial charge is 0.356 e. The molecule has 0 radical (unpaired) electrons. The van der Waals surface area contributed by atoms with Crippen LogP contribution in [0, 0.1) is 5.92 Å². The van der Waals surface area contributed by atoms with Crippen molar-refractivity contribution in [3.05, 3.63) is 35.9 Å². The van der Waals surface area contributed by atoms with Gasteiger partial charge in [-0.2, -0.15) is 0 Å². The summed E-state index contributed by atoms with van der Waals surface area (Å²) in [6, 6.07) is 11.3. The second kappa shape index (κ2) is 7.63. The number of nitrogens with one attached hydrogen (secondary N) is 2. The van der Waals surface area contributed by atoms with Crippen LogP contribution in [-0.4, -0.2) is 44.1 Å². The van der Waals surface area contributed by atoms with Gasteiger partial charge in [0.2, 0.25) is 0 Å². The molecule has 4 heteroatoms. The van der Waals surface area contributed by atoms with Gasteiger partial charge in [-0.25, -0.2) is 0 Å². The SMILES string of the molecule is CN=C(NCC1CC1)NCC(c1ccccc1)N1CCCC1. The summed E-state index contributed by atoms with van der Waals surface area (Å²) in [5.41, 5.74) is 1.40. The van der Waals surface area contributed by atoms with E-state index < -0.39 is 0 Å². The number of rotatable bonds is 6. The van der Waals surface area contributed by atoms with Gasteiger partial charge < -0.3 is 10.6 Å². The normalized spacial score (nSPS) is 20.9. The van der Waals surface area contributed by atoms with Crippen molar-refractivity contribution in [1.29, 1.82) is 0 Å². The molecule has 3 rings (SSSR count). The van der Waals surface area contributed by atoms with Crippen molar-refractivity contribution in [1.82, 2.24) is 15.5 Å². The summed E-state index contributed by atoms with van der Waals surface area (Å²) in [4.78, 5) is 6.95. The summed E-state index contributed by atoms with van der Waals surface area (Å²) < 4.78 is 0. The molecule has 1 aromatic rings. The Labute approximate surface area is 134 Å². The highest BCUT2D eigenvalue weighted by molar-refractivity contribution is 5.79. The third-order valence-corrected chi connectivity index (χ3v) is 4.71. The van der Waals surface area contributed by atoms with Gasteiger partial charge in [-0.05, 0) is 50.3 Å². The van der Waals surface area contributed by atoms with E-state index in [1.54, 1.807) is 0 Å². The Morgan fingerprint density at radius 1 is 1.18 bits per heavy atom. The molecular weight excluding hydrogens is 272 g/mol. The molecule has 2 N–H and O–H groups in total. The second-order valence-electron chi connectivity index (χ2n) is 6.45. The number of benzene rings is 1. The smallest absolute Gasteiger partial charge is 0.191 e. The van der Waals surface area contributed by atoms with Gasteiger partial charge in [-0.1, -0.05) is 30.3 Å². The fourth-order valence-electron chi connectivity index (χ4n) is 3.16. The Morgan fingerprint density at radius 2 is 1.91 bits per heavy atom. The number of hydrogen-bond acceptors (Lipinski definition) is 2. The van der Waals surface area contributed by atoms with Crippen LogP contribution >= 0.6 is 0 Å². The topological polar surface area (TPSA) is 39.7 Å². The van der Waals surface area contributed by atoms with Crippen molar-refractivity contribution >= 4 is 5.96 Å². The summed E-state index contributed by atoms with van der Waals surface area (Å²) in [6.07, 6.45) is 5.37. The lowest BCUT2D eigenvalue weighted by Gasteiger charge is -2.29. The molecule has 0 bridgehead atoms. The van der Waals surface area contributed by atoms with Crippen LogP contribution < -0.4 is 10.6 Å². The maximum atomic E-state index is 4.36. The van der Waals surface area contributed by atoms with Crippen molar-refractivity contribution in [2.75, 3.05) is 33.2 Å². The Balaban J connectivity index is 1.59. The molecule has 22 heavy (non-hydrogen) atoms. The van der Waals surface area contributed by atoms with E-state index in [4.69, 9.17) is 0 Å². The van der Waals surface area contributed by atoms with E-state index in [2.05, 4.69) is 50.9 Å². The number of guanidine groups is 1. The third kappa shape index (κ3) is 4.23. The molecule has 1 saturated carbocycles. The minimum atomic E-state index is 0.433. The summed E-state index contributed by atoms with van der Waals surface area (Å²) in [5.74, 6) is 1.80. The summed E-state index contributed by atoms with van der Waals surface area (Å²) >= 11 is 0. The van der Waals surface area contributed by atoms with E-state index in [0.29, 0.717) is 6.04 Å². The number of nitrogens with zero attached hydrogens (tertiary/aromatic N) is 2. The fraction of sp³-hybridized carbons (Fsp3) is 0.611. The number of hydrogen-bond donors (Lipinski definition) is 2. The molecule has 120 valence electrons. The van der Waals surface area contributed by atoms with Crippen molar-refractivity contribution in [2.45, 2.75) is 31.7 Å². The minimum Gasteiger partial charge on any atom is -0.356 e. The molecule has 1 aromatic carbocycles. The molecule has 0 amide bonds. The van der Waals surface area contributed by atoms with E-state index in [1.165, 1.54) is 44.3 Å². The van der Waals surface area contributed by atoms with Crippen LogP contribution in [0.15, 0.2) is 35.3 Å². The standard InChI is InChI=1S/C18H28N4/c1-19-18(20-13-15-9-10-15)21-14-17(22-11-5-6-12-22)16-7-3-2-4-8-16/h2-4,7-8,15,17H,5-6,9-14H2,1H3,(H2,19,20,21). The lowest BCUT2D eigenvalue weighted by Crippen LogP contribution is -2.43. The maximum Gasteiger partial charge on any atom is 0.191 e. The van der Waals surface area contributed by atoms with Gasteiger partial charge in [0, 0.05) is 20.1 Å². The van der Waals surface area contributed by atoms with Crippen LogP contribution in [0.3, 0.4) is 0 Å².